The number of nitrogens with zero attached hydrogens (tertiary/aromatic N) is 3. The Morgan fingerprint density at radius 3 is 1.51 bits per heavy atom. The molecule has 370 valence electrons. The molecule has 11 nitrogen and oxygen atoms in total. The van der Waals surface area contributed by atoms with E-state index in [-0.39, 0.29) is 6.61 Å². The van der Waals surface area contributed by atoms with Crippen LogP contribution in [-0.2, 0) is 79.0 Å². The van der Waals surface area contributed by atoms with Crippen LogP contribution in [0.5, 0.6) is 0 Å². The van der Waals surface area contributed by atoms with Crippen molar-refractivity contribution in [1.29, 1.82) is 0 Å². The summed E-state index contributed by atoms with van der Waals surface area (Å²) in [6, 6.07) is 33.3. The molecular weight excluding hydrogens is 941 g/mol. The van der Waals surface area contributed by atoms with Crippen LogP contribution in [0.1, 0.15) is 94.7 Å². The molecule has 3 aliphatic carbocycles. The van der Waals surface area contributed by atoms with Gasteiger partial charge in [-0.3, -0.25) is 45.9 Å². The summed E-state index contributed by atoms with van der Waals surface area (Å²) in [6.45, 7) is 1.18. The summed E-state index contributed by atoms with van der Waals surface area (Å²) in [5, 5.41) is 3.60. The second-order valence-electron chi connectivity index (χ2n) is 18.1. The minimum absolute atomic E-state index is 0.215. The number of furan rings is 2. The number of aromatic nitrogens is 3. The monoisotopic (exact) mass is 994 g/mol. The molecule has 3 N–H and O–H groups in total. The number of alkyl halides is 3. The van der Waals surface area contributed by atoms with Crippen LogP contribution in [0.3, 0.4) is 0 Å². The lowest BCUT2D eigenvalue weighted by molar-refractivity contribution is -0.137. The fourth-order valence-electron chi connectivity index (χ4n) is 9.61. The summed E-state index contributed by atoms with van der Waals surface area (Å²) in [4.78, 5) is 31.2. The normalized spacial score (nSPS) is 14.1. The first-order valence-electron chi connectivity index (χ1n) is 24.5. The maximum absolute atomic E-state index is 13.0. The molecule has 0 radical (unpaired) electrons. The Bertz CT molecular complexity index is 3260. The molecule has 0 unspecified atom stereocenters. The van der Waals surface area contributed by atoms with Crippen molar-refractivity contribution in [3.63, 3.8) is 0 Å². The first-order chi connectivity index (χ1) is 35.2. The van der Waals surface area contributed by atoms with E-state index in [1.807, 2.05) is 54.6 Å². The van der Waals surface area contributed by atoms with Crippen molar-refractivity contribution in [3.8, 4) is 0 Å². The first-order valence-corrected chi connectivity index (χ1v) is 24.9. The molecule has 3 aliphatic rings. The number of fused-ring (bicyclic) bond motifs is 6. The number of hydrogen-bond acceptors (Lipinski definition) is 11. The number of rotatable bonds is 12. The van der Waals surface area contributed by atoms with Crippen LogP contribution in [0.4, 0.5) is 30.2 Å². The molecule has 0 saturated carbocycles. The van der Waals surface area contributed by atoms with Gasteiger partial charge >= 0.3 is 6.18 Å². The predicted octanol–water partition coefficient (Wildman–Crippen LogP) is 14.8. The number of anilines is 3. The van der Waals surface area contributed by atoms with E-state index in [4.69, 9.17) is 44.9 Å². The molecule has 0 saturated heterocycles. The molecule has 12 rings (SSSR count). The summed E-state index contributed by atoms with van der Waals surface area (Å²) in [6.07, 6.45) is 13.2. The zero-order valence-corrected chi connectivity index (χ0v) is 40.4. The SMILES string of the molecule is Clc1ccc(CONc2c3c(nc4ccccc24)CCCC3)cc1.FC(F)(F)c1ccc2c(NOCc3ccco3)c3c(nc2c1)CCCC3.c1ccc2c(NOCc3ccoc3)c3c(nc2c1)CCCC3. The van der Waals surface area contributed by atoms with Gasteiger partial charge in [-0.1, -0.05) is 66.2 Å². The smallest absolute Gasteiger partial charge is 0.416 e. The third-order valence-corrected chi connectivity index (χ3v) is 13.5. The van der Waals surface area contributed by atoms with Crippen molar-refractivity contribution < 1.29 is 36.5 Å². The van der Waals surface area contributed by atoms with Crippen LogP contribution >= 0.6 is 11.6 Å². The highest BCUT2D eigenvalue weighted by molar-refractivity contribution is 6.30. The number of nitrogens with one attached hydrogen (secondary N) is 3. The second kappa shape index (κ2) is 22.6. The van der Waals surface area contributed by atoms with Crippen molar-refractivity contribution in [2.45, 2.75) is 103 Å². The van der Waals surface area contributed by atoms with Crippen LogP contribution < -0.4 is 16.4 Å². The molecule has 72 heavy (non-hydrogen) atoms. The molecule has 15 heteroatoms. The van der Waals surface area contributed by atoms with Crippen LogP contribution in [0.15, 0.2) is 137 Å². The van der Waals surface area contributed by atoms with Crippen LogP contribution in [0, 0.1) is 0 Å². The Balaban J connectivity index is 0.000000125. The maximum Gasteiger partial charge on any atom is 0.416 e. The highest BCUT2D eigenvalue weighted by Gasteiger charge is 2.31. The molecule has 9 aromatic rings. The number of pyridine rings is 3. The molecule has 0 spiro atoms. The molecule has 5 aromatic heterocycles. The van der Waals surface area contributed by atoms with Gasteiger partial charge in [-0.25, -0.2) is 0 Å². The number of aryl methyl sites for hydroxylation is 3. The van der Waals surface area contributed by atoms with Crippen LogP contribution in [-0.4, -0.2) is 15.0 Å². The number of para-hydroxylation sites is 2. The van der Waals surface area contributed by atoms with Gasteiger partial charge in [-0.2, -0.15) is 13.2 Å². The summed E-state index contributed by atoms with van der Waals surface area (Å²) >= 11 is 5.92. The Hall–Kier alpha value is -6.97. The first kappa shape index (κ1) is 48.6. The van der Waals surface area contributed by atoms with E-state index in [2.05, 4.69) is 45.7 Å². The van der Waals surface area contributed by atoms with Gasteiger partial charge in [0.15, 0.2) is 0 Å². The Morgan fingerprint density at radius 2 is 1.00 bits per heavy atom. The highest BCUT2D eigenvalue weighted by Crippen LogP contribution is 2.38. The third kappa shape index (κ3) is 11.5. The van der Waals surface area contributed by atoms with Gasteiger partial charge in [0.2, 0.25) is 0 Å². The van der Waals surface area contributed by atoms with E-state index in [0.717, 1.165) is 124 Å². The lowest BCUT2D eigenvalue weighted by Gasteiger charge is -2.21. The maximum atomic E-state index is 13.0. The summed E-state index contributed by atoms with van der Waals surface area (Å²) < 4.78 is 49.4. The lowest BCUT2D eigenvalue weighted by Crippen LogP contribution is -2.12. The molecule has 4 aromatic carbocycles. The van der Waals surface area contributed by atoms with Crippen molar-refractivity contribution >= 4 is 61.4 Å². The summed E-state index contributed by atoms with van der Waals surface area (Å²) in [5.74, 6) is 0.657. The zero-order valence-electron chi connectivity index (χ0n) is 39.6. The van der Waals surface area contributed by atoms with Crippen molar-refractivity contribution in [3.05, 3.63) is 189 Å². The molecule has 0 aliphatic heterocycles. The summed E-state index contributed by atoms with van der Waals surface area (Å²) in [5.41, 5.74) is 22.8. The molecule has 5 heterocycles. The highest BCUT2D eigenvalue weighted by atomic mass is 35.5. The van der Waals surface area contributed by atoms with Gasteiger partial charge in [0.05, 0.1) is 64.6 Å². The second-order valence-corrected chi connectivity index (χ2v) is 18.6. The topological polar surface area (TPSA) is 129 Å². The molecule has 0 bridgehead atoms. The fraction of sp³-hybridized carbons (Fsp3) is 0.281. The standard InChI is InChI=1S/C20H19ClN2O.C19H17F3N2O2.C18H18N2O2/c21-15-11-9-14(10-12-15)13-24-23-20-16-5-1-3-7-18(16)22-19-8-4-2-6-17(19)20;20-19(21,22)12-7-8-15-17(10-12)23-16-6-2-1-5-14(16)18(15)24-26-11-13-4-3-9-25-13;1-3-7-16-14(5-1)18(15-6-2-4-8-17(15)19-16)20-22-12-13-9-10-21-11-13/h1,3,5,7,9-12H,2,4,6,8,13H2,(H,22,23);3-4,7-10H,1-2,5-6,11H2,(H,23,24);1,3,5,7,9-11H,2,4,6,8,12H2,(H,19,20). The largest absolute Gasteiger partial charge is 0.472 e. The Kier molecular flexibility index (Phi) is 15.3. The molecule has 0 amide bonds. The number of benzene rings is 4. The third-order valence-electron chi connectivity index (χ3n) is 13.2. The average molecular weight is 996 g/mol. The lowest BCUT2D eigenvalue weighted by atomic mass is 9.92. The quantitative estimate of drug-likeness (QED) is 0.101. The molecule has 0 atom stereocenters. The summed E-state index contributed by atoms with van der Waals surface area (Å²) in [7, 11) is 0. The number of hydrogen-bond donors (Lipinski definition) is 3. The minimum Gasteiger partial charge on any atom is -0.472 e. The van der Waals surface area contributed by atoms with E-state index in [1.165, 1.54) is 54.3 Å². The van der Waals surface area contributed by atoms with Gasteiger partial charge in [-0.05, 0) is 154 Å². The van der Waals surface area contributed by atoms with Gasteiger partial charge in [0.25, 0.3) is 0 Å². The van der Waals surface area contributed by atoms with Crippen LogP contribution in [0.2, 0.25) is 5.02 Å². The van der Waals surface area contributed by atoms with E-state index in [1.54, 1.807) is 30.9 Å². The van der Waals surface area contributed by atoms with Gasteiger partial charge in [-0.15, -0.1) is 0 Å². The predicted molar refractivity (Wildman–Crippen MR) is 274 cm³/mol. The van der Waals surface area contributed by atoms with Gasteiger partial charge in [0, 0.05) is 43.8 Å². The average Bonchev–Trinajstić information content (AvgIpc) is 4.14. The number of halogens is 4. The van der Waals surface area contributed by atoms with Crippen molar-refractivity contribution in [1.82, 2.24) is 15.0 Å². The molecular formula is C57H54ClF3N6O5. The van der Waals surface area contributed by atoms with Gasteiger partial charge < -0.3 is 8.83 Å². The molecule has 0 fully saturated rings. The van der Waals surface area contributed by atoms with Crippen molar-refractivity contribution in [2.75, 3.05) is 16.4 Å². The van der Waals surface area contributed by atoms with E-state index in [0.29, 0.717) is 35.6 Å². The van der Waals surface area contributed by atoms with Gasteiger partial charge in [0.1, 0.15) is 19.0 Å². The van der Waals surface area contributed by atoms with E-state index in [9.17, 15) is 13.2 Å². The van der Waals surface area contributed by atoms with E-state index >= 15 is 0 Å². The zero-order chi connectivity index (χ0) is 49.3. The fourth-order valence-corrected chi connectivity index (χ4v) is 9.74. The van der Waals surface area contributed by atoms with Crippen molar-refractivity contribution in [2.24, 2.45) is 0 Å². The van der Waals surface area contributed by atoms with Crippen LogP contribution in [0.25, 0.3) is 32.7 Å². The van der Waals surface area contributed by atoms with E-state index < -0.39 is 11.7 Å². The minimum atomic E-state index is -4.39. The Morgan fingerprint density at radius 1 is 0.500 bits per heavy atom. The Labute approximate surface area is 419 Å².